The van der Waals surface area contributed by atoms with Crippen LogP contribution in [0.25, 0.3) is 0 Å². The van der Waals surface area contributed by atoms with Gasteiger partial charge in [0.1, 0.15) is 6.04 Å². The van der Waals surface area contributed by atoms with E-state index in [2.05, 4.69) is 21.2 Å². The number of amides is 2. The molecule has 1 fully saturated rings. The van der Waals surface area contributed by atoms with Gasteiger partial charge in [0.2, 0.25) is 0 Å². The number of rotatable bonds is 2. The molecule has 1 aromatic carbocycles. The Balaban J connectivity index is 2.03. The quantitative estimate of drug-likeness (QED) is 0.798. The van der Waals surface area contributed by atoms with E-state index >= 15 is 0 Å². The molecule has 20 heavy (non-hydrogen) atoms. The normalized spacial score (nSPS) is 17.9. The van der Waals surface area contributed by atoms with Crippen LogP contribution in [0.1, 0.15) is 12.8 Å². The fourth-order valence-corrected chi connectivity index (χ4v) is 2.38. The third-order valence-corrected chi connectivity index (χ3v) is 3.62. The zero-order valence-corrected chi connectivity index (χ0v) is 12.1. The first-order valence-electron chi connectivity index (χ1n) is 6.09. The molecular weight excluding hydrogens is 328 g/mol. The molecule has 0 aromatic heterocycles. The van der Waals surface area contributed by atoms with Crippen molar-refractivity contribution in [2.24, 2.45) is 0 Å². The largest absolute Gasteiger partial charge is 0.480 e. The summed E-state index contributed by atoms with van der Waals surface area (Å²) in [7, 11) is 0. The topological polar surface area (TPSA) is 86.7 Å². The molecule has 1 atom stereocenters. The van der Waals surface area contributed by atoms with E-state index in [0.29, 0.717) is 25.1 Å². The molecule has 1 aromatic rings. The molecule has 106 valence electrons. The van der Waals surface area contributed by atoms with Gasteiger partial charge in [-0.25, -0.2) is 4.79 Å². The van der Waals surface area contributed by atoms with Crippen LogP contribution in [-0.4, -0.2) is 40.4 Å². The number of carboxylic acid groups (broad SMARTS) is 1. The van der Waals surface area contributed by atoms with Crippen LogP contribution in [0.3, 0.4) is 0 Å². The van der Waals surface area contributed by atoms with E-state index in [0.717, 1.165) is 9.37 Å². The Bertz CT molecular complexity index is 544. The number of halogens is 1. The molecule has 0 saturated carbocycles. The molecule has 0 aliphatic carbocycles. The number of nitrogens with zero attached hydrogens (tertiary/aromatic N) is 1. The summed E-state index contributed by atoms with van der Waals surface area (Å²) in [5, 5.41) is 11.5. The summed E-state index contributed by atoms with van der Waals surface area (Å²) in [4.78, 5) is 35.9. The Labute approximate surface area is 123 Å². The second-order valence-electron chi connectivity index (χ2n) is 4.46. The van der Waals surface area contributed by atoms with Crippen molar-refractivity contribution in [3.8, 4) is 0 Å². The summed E-state index contributed by atoms with van der Waals surface area (Å²) >= 11 is 3.27. The number of benzene rings is 1. The SMILES string of the molecule is O=C(Nc1ccc(Br)cc1)C(=O)N1CCCC1C(=O)O. The summed E-state index contributed by atoms with van der Waals surface area (Å²) in [6, 6.07) is 5.85. The van der Waals surface area contributed by atoms with Gasteiger partial charge in [-0.15, -0.1) is 0 Å². The number of likely N-dealkylation sites (tertiary alicyclic amines) is 1. The third kappa shape index (κ3) is 3.16. The van der Waals surface area contributed by atoms with Gasteiger partial charge < -0.3 is 15.3 Å². The van der Waals surface area contributed by atoms with Crippen molar-refractivity contribution < 1.29 is 19.5 Å². The maximum absolute atomic E-state index is 12.0. The lowest BCUT2D eigenvalue weighted by atomic mass is 10.2. The number of carbonyl (C=O) groups is 3. The van der Waals surface area contributed by atoms with Gasteiger partial charge in [-0.1, -0.05) is 15.9 Å². The van der Waals surface area contributed by atoms with E-state index in [4.69, 9.17) is 5.11 Å². The lowest BCUT2D eigenvalue weighted by Crippen LogP contribution is -2.45. The van der Waals surface area contributed by atoms with E-state index in [1.165, 1.54) is 0 Å². The molecule has 1 aliphatic rings. The number of hydrogen-bond acceptors (Lipinski definition) is 3. The molecule has 1 saturated heterocycles. The summed E-state index contributed by atoms with van der Waals surface area (Å²) < 4.78 is 0.854. The van der Waals surface area contributed by atoms with Gasteiger partial charge in [0.15, 0.2) is 0 Å². The lowest BCUT2D eigenvalue weighted by Gasteiger charge is -2.20. The van der Waals surface area contributed by atoms with Gasteiger partial charge in [0.25, 0.3) is 0 Å². The molecule has 1 unspecified atom stereocenters. The molecule has 2 N–H and O–H groups in total. The Morgan fingerprint density at radius 3 is 2.50 bits per heavy atom. The Hall–Kier alpha value is -1.89. The molecule has 6 nitrogen and oxygen atoms in total. The molecule has 0 radical (unpaired) electrons. The maximum atomic E-state index is 12.0. The van der Waals surface area contributed by atoms with Crippen LogP contribution in [-0.2, 0) is 14.4 Å². The Morgan fingerprint density at radius 1 is 1.25 bits per heavy atom. The van der Waals surface area contributed by atoms with Crippen molar-refractivity contribution >= 4 is 39.4 Å². The number of carboxylic acids is 1. The lowest BCUT2D eigenvalue weighted by molar-refractivity contribution is -0.151. The molecule has 2 rings (SSSR count). The van der Waals surface area contributed by atoms with E-state index in [1.807, 2.05) is 0 Å². The van der Waals surface area contributed by atoms with E-state index in [9.17, 15) is 14.4 Å². The van der Waals surface area contributed by atoms with Crippen molar-refractivity contribution in [1.29, 1.82) is 0 Å². The van der Waals surface area contributed by atoms with Gasteiger partial charge in [-0.05, 0) is 37.1 Å². The highest BCUT2D eigenvalue weighted by Gasteiger charge is 2.36. The number of aliphatic carboxylic acids is 1. The first-order chi connectivity index (χ1) is 9.49. The zero-order valence-electron chi connectivity index (χ0n) is 10.5. The van der Waals surface area contributed by atoms with Crippen LogP contribution in [0.2, 0.25) is 0 Å². The number of nitrogens with one attached hydrogen (secondary N) is 1. The van der Waals surface area contributed by atoms with Gasteiger partial charge in [-0.2, -0.15) is 0 Å². The van der Waals surface area contributed by atoms with Crippen LogP contribution < -0.4 is 5.32 Å². The van der Waals surface area contributed by atoms with E-state index in [-0.39, 0.29) is 0 Å². The minimum atomic E-state index is -1.08. The zero-order chi connectivity index (χ0) is 14.7. The second-order valence-corrected chi connectivity index (χ2v) is 5.37. The fourth-order valence-electron chi connectivity index (χ4n) is 2.11. The highest BCUT2D eigenvalue weighted by Crippen LogP contribution is 2.18. The van der Waals surface area contributed by atoms with Crippen molar-refractivity contribution in [2.45, 2.75) is 18.9 Å². The van der Waals surface area contributed by atoms with Crippen LogP contribution in [0.5, 0.6) is 0 Å². The molecule has 1 heterocycles. The number of anilines is 1. The molecule has 7 heteroatoms. The first kappa shape index (κ1) is 14.5. The summed E-state index contributed by atoms with van der Waals surface area (Å²) in [5.74, 6) is -2.70. The minimum absolute atomic E-state index is 0.295. The summed E-state index contributed by atoms with van der Waals surface area (Å²) in [6.07, 6.45) is 0.973. The van der Waals surface area contributed by atoms with E-state index in [1.54, 1.807) is 24.3 Å². The maximum Gasteiger partial charge on any atom is 0.326 e. The highest BCUT2D eigenvalue weighted by molar-refractivity contribution is 9.10. The van der Waals surface area contributed by atoms with Gasteiger partial charge in [0.05, 0.1) is 0 Å². The monoisotopic (exact) mass is 340 g/mol. The standard InChI is InChI=1S/C13H13BrN2O4/c14-8-3-5-9(6-4-8)15-11(17)12(18)16-7-1-2-10(16)13(19)20/h3-6,10H,1-2,7H2,(H,15,17)(H,19,20). The second kappa shape index (κ2) is 6.04. The molecule has 2 amide bonds. The number of hydrogen-bond donors (Lipinski definition) is 2. The van der Waals surface area contributed by atoms with Crippen molar-refractivity contribution in [3.05, 3.63) is 28.7 Å². The smallest absolute Gasteiger partial charge is 0.326 e. The highest BCUT2D eigenvalue weighted by atomic mass is 79.9. The average molecular weight is 341 g/mol. The molecule has 1 aliphatic heterocycles. The summed E-state index contributed by atoms with van der Waals surface area (Å²) in [6.45, 7) is 0.295. The van der Waals surface area contributed by atoms with Crippen molar-refractivity contribution in [2.75, 3.05) is 11.9 Å². The van der Waals surface area contributed by atoms with Crippen LogP contribution in [0.4, 0.5) is 5.69 Å². The fraction of sp³-hybridized carbons (Fsp3) is 0.308. The van der Waals surface area contributed by atoms with Crippen LogP contribution in [0, 0.1) is 0 Å². The molecule has 0 bridgehead atoms. The van der Waals surface area contributed by atoms with Crippen LogP contribution >= 0.6 is 15.9 Å². The summed E-state index contributed by atoms with van der Waals surface area (Å²) in [5.41, 5.74) is 0.484. The van der Waals surface area contributed by atoms with Gasteiger partial charge in [-0.3, -0.25) is 9.59 Å². The van der Waals surface area contributed by atoms with Gasteiger partial charge >= 0.3 is 17.8 Å². The Morgan fingerprint density at radius 2 is 1.90 bits per heavy atom. The predicted molar refractivity (Wildman–Crippen MR) is 75.1 cm³/mol. The van der Waals surface area contributed by atoms with Crippen molar-refractivity contribution in [1.82, 2.24) is 4.90 Å². The molecular formula is C13H13BrN2O4. The Kier molecular flexibility index (Phi) is 4.39. The average Bonchev–Trinajstić information content (AvgIpc) is 2.90. The van der Waals surface area contributed by atoms with E-state index < -0.39 is 23.8 Å². The number of carbonyl (C=O) groups excluding carboxylic acids is 2. The third-order valence-electron chi connectivity index (χ3n) is 3.10. The first-order valence-corrected chi connectivity index (χ1v) is 6.88. The van der Waals surface area contributed by atoms with Crippen LogP contribution in [0.15, 0.2) is 28.7 Å². The minimum Gasteiger partial charge on any atom is -0.480 e. The van der Waals surface area contributed by atoms with Gasteiger partial charge in [0, 0.05) is 16.7 Å². The molecule has 0 spiro atoms. The van der Waals surface area contributed by atoms with Crippen molar-refractivity contribution in [3.63, 3.8) is 0 Å². The predicted octanol–water partition coefficient (Wildman–Crippen LogP) is 1.46.